The Kier molecular flexibility index (Phi) is 6.77. The van der Waals surface area contributed by atoms with Crippen LogP contribution in [0, 0.1) is 5.82 Å². The molecule has 32 heavy (non-hydrogen) atoms. The first kappa shape index (κ1) is 22.8. The topological polar surface area (TPSA) is 113 Å². The van der Waals surface area contributed by atoms with Crippen molar-refractivity contribution in [2.45, 2.75) is 18.9 Å². The summed E-state index contributed by atoms with van der Waals surface area (Å²) in [6.45, 7) is -0.0178. The lowest BCUT2D eigenvalue weighted by molar-refractivity contribution is -0.140. The molecule has 0 aromatic heterocycles. The summed E-state index contributed by atoms with van der Waals surface area (Å²) >= 11 is 0. The minimum Gasteiger partial charge on any atom is -0.507 e. The van der Waals surface area contributed by atoms with Crippen LogP contribution in [0.3, 0.4) is 0 Å². The van der Waals surface area contributed by atoms with E-state index in [0.29, 0.717) is 17.1 Å². The SMILES string of the molecule is COc1ccc([C@H]2C(=C(O)c3ccc(F)cc3)C(=O)C(=O)N2CCCC(=O)O)cc1OC. The van der Waals surface area contributed by atoms with Crippen molar-refractivity contribution < 1.29 is 38.5 Å². The second-order valence-electron chi connectivity index (χ2n) is 7.11. The quantitative estimate of drug-likeness (QED) is 0.366. The van der Waals surface area contributed by atoms with Crippen molar-refractivity contribution in [1.29, 1.82) is 0 Å². The Morgan fingerprint density at radius 1 is 1.03 bits per heavy atom. The average molecular weight is 443 g/mol. The van der Waals surface area contributed by atoms with Gasteiger partial charge in [0.2, 0.25) is 0 Å². The van der Waals surface area contributed by atoms with Gasteiger partial charge in [0, 0.05) is 18.5 Å². The zero-order valence-electron chi connectivity index (χ0n) is 17.5. The second-order valence-corrected chi connectivity index (χ2v) is 7.11. The third-order valence-corrected chi connectivity index (χ3v) is 5.17. The zero-order valence-corrected chi connectivity index (χ0v) is 17.5. The Morgan fingerprint density at radius 3 is 2.28 bits per heavy atom. The summed E-state index contributed by atoms with van der Waals surface area (Å²) in [4.78, 5) is 37.9. The van der Waals surface area contributed by atoms with Crippen LogP contribution in [0.4, 0.5) is 4.39 Å². The van der Waals surface area contributed by atoms with Gasteiger partial charge in [0.25, 0.3) is 11.7 Å². The third kappa shape index (κ3) is 4.41. The minimum atomic E-state index is -1.03. The molecule has 0 saturated carbocycles. The van der Waals surface area contributed by atoms with Crippen molar-refractivity contribution in [3.63, 3.8) is 0 Å². The van der Waals surface area contributed by atoms with E-state index in [4.69, 9.17) is 14.6 Å². The van der Waals surface area contributed by atoms with Crippen LogP contribution in [0.2, 0.25) is 0 Å². The first-order valence-electron chi connectivity index (χ1n) is 9.76. The summed E-state index contributed by atoms with van der Waals surface area (Å²) in [5, 5.41) is 19.8. The number of ketones is 1. The summed E-state index contributed by atoms with van der Waals surface area (Å²) in [5.41, 5.74) is 0.449. The fourth-order valence-electron chi connectivity index (χ4n) is 3.64. The maximum atomic E-state index is 13.3. The summed E-state index contributed by atoms with van der Waals surface area (Å²) in [7, 11) is 2.90. The molecule has 8 nitrogen and oxygen atoms in total. The molecule has 2 aromatic rings. The highest BCUT2D eigenvalue weighted by molar-refractivity contribution is 6.46. The lowest BCUT2D eigenvalue weighted by Crippen LogP contribution is -2.31. The predicted octanol–water partition coefficient (Wildman–Crippen LogP) is 3.13. The third-order valence-electron chi connectivity index (χ3n) is 5.17. The molecule has 2 N–H and O–H groups in total. The van der Waals surface area contributed by atoms with E-state index < -0.39 is 35.3 Å². The van der Waals surface area contributed by atoms with E-state index in [0.717, 1.165) is 12.1 Å². The van der Waals surface area contributed by atoms with Crippen molar-refractivity contribution in [1.82, 2.24) is 4.90 Å². The molecule has 0 radical (unpaired) electrons. The second kappa shape index (κ2) is 9.51. The molecule has 3 rings (SSSR count). The van der Waals surface area contributed by atoms with Crippen molar-refractivity contribution in [2.24, 2.45) is 0 Å². The van der Waals surface area contributed by atoms with Gasteiger partial charge in [-0.05, 0) is 48.4 Å². The van der Waals surface area contributed by atoms with Crippen molar-refractivity contribution >= 4 is 23.4 Å². The number of aliphatic carboxylic acids is 1. The van der Waals surface area contributed by atoms with Crippen molar-refractivity contribution in [3.8, 4) is 11.5 Å². The Bertz CT molecular complexity index is 1080. The first-order valence-corrected chi connectivity index (χ1v) is 9.76. The fraction of sp³-hybridized carbons (Fsp3) is 0.261. The number of halogens is 1. The van der Waals surface area contributed by atoms with Crippen LogP contribution in [-0.2, 0) is 14.4 Å². The monoisotopic (exact) mass is 443 g/mol. The maximum Gasteiger partial charge on any atom is 0.303 e. The van der Waals surface area contributed by atoms with Gasteiger partial charge < -0.3 is 24.6 Å². The number of rotatable bonds is 8. The molecule has 168 valence electrons. The summed E-state index contributed by atoms with van der Waals surface area (Å²) in [6.07, 6.45) is -0.0810. The standard InChI is InChI=1S/C23H22FNO7/c1-31-16-10-7-14(12-17(16)32-2)20-19(21(28)13-5-8-15(24)9-6-13)22(29)23(30)25(20)11-3-4-18(26)27/h5-10,12,20,28H,3-4,11H2,1-2H3,(H,26,27)/t20-/m0/s1. The van der Waals surface area contributed by atoms with E-state index in [2.05, 4.69) is 0 Å². The van der Waals surface area contributed by atoms with Crippen molar-refractivity contribution in [2.75, 3.05) is 20.8 Å². The molecule has 1 aliphatic heterocycles. The van der Waals surface area contributed by atoms with Gasteiger partial charge in [-0.2, -0.15) is 0 Å². The molecule has 1 amide bonds. The van der Waals surface area contributed by atoms with Gasteiger partial charge in [0.15, 0.2) is 11.5 Å². The van der Waals surface area contributed by atoms with Crippen LogP contribution >= 0.6 is 0 Å². The van der Waals surface area contributed by atoms with Crippen molar-refractivity contribution in [3.05, 3.63) is 65.0 Å². The van der Waals surface area contributed by atoms with Gasteiger partial charge in [-0.1, -0.05) is 6.07 Å². The van der Waals surface area contributed by atoms with Gasteiger partial charge in [0.05, 0.1) is 25.8 Å². The van der Waals surface area contributed by atoms with E-state index in [1.165, 1.54) is 31.3 Å². The summed E-state index contributed by atoms with van der Waals surface area (Å²) < 4.78 is 23.9. The Balaban J connectivity index is 2.14. The number of methoxy groups -OCH3 is 2. The lowest BCUT2D eigenvalue weighted by atomic mass is 9.95. The molecular weight excluding hydrogens is 421 g/mol. The molecule has 0 aliphatic carbocycles. The zero-order chi connectivity index (χ0) is 23.4. The first-order chi connectivity index (χ1) is 15.3. The molecule has 2 aromatic carbocycles. The van der Waals surface area contributed by atoms with E-state index in [-0.39, 0.29) is 30.5 Å². The molecule has 1 atom stereocenters. The number of ether oxygens (including phenoxy) is 2. The highest BCUT2D eigenvalue weighted by atomic mass is 19.1. The number of amides is 1. The number of benzene rings is 2. The normalized spacial score (nSPS) is 17.5. The molecule has 1 heterocycles. The number of hydrogen-bond donors (Lipinski definition) is 2. The van der Waals surface area contributed by atoms with E-state index in [1.807, 2.05) is 0 Å². The van der Waals surface area contributed by atoms with Crippen LogP contribution in [-0.4, -0.2) is 53.5 Å². The number of nitrogens with zero attached hydrogens (tertiary/aromatic N) is 1. The summed E-state index contributed by atoms with van der Waals surface area (Å²) in [5.74, 6) is -3.01. The number of Topliss-reactive ketones (excluding diaryl/α,β-unsaturated/α-hetero) is 1. The van der Waals surface area contributed by atoms with Crippen LogP contribution in [0.15, 0.2) is 48.0 Å². The molecule has 0 unspecified atom stereocenters. The van der Waals surface area contributed by atoms with Gasteiger partial charge in [0.1, 0.15) is 11.6 Å². The molecule has 0 bridgehead atoms. The molecular formula is C23H22FNO7. The van der Waals surface area contributed by atoms with Gasteiger partial charge >= 0.3 is 5.97 Å². The molecule has 1 saturated heterocycles. The highest BCUT2D eigenvalue weighted by Crippen LogP contribution is 2.42. The Hall–Kier alpha value is -3.88. The molecule has 0 spiro atoms. The van der Waals surface area contributed by atoms with E-state index in [9.17, 15) is 23.9 Å². The molecule has 9 heteroatoms. The fourth-order valence-corrected chi connectivity index (χ4v) is 3.64. The number of hydrogen-bond acceptors (Lipinski definition) is 6. The van der Waals surface area contributed by atoms with Crippen LogP contribution in [0.5, 0.6) is 11.5 Å². The number of aliphatic hydroxyl groups excluding tert-OH is 1. The highest BCUT2D eigenvalue weighted by Gasteiger charge is 2.46. The number of carboxylic acid groups (broad SMARTS) is 1. The van der Waals surface area contributed by atoms with Gasteiger partial charge in [-0.3, -0.25) is 14.4 Å². The number of carboxylic acids is 1. The van der Waals surface area contributed by atoms with E-state index >= 15 is 0 Å². The molecule has 1 aliphatic rings. The van der Waals surface area contributed by atoms with Crippen LogP contribution in [0.25, 0.3) is 5.76 Å². The largest absolute Gasteiger partial charge is 0.507 e. The summed E-state index contributed by atoms with van der Waals surface area (Å²) in [6, 6.07) is 8.67. The maximum absolute atomic E-state index is 13.3. The Morgan fingerprint density at radius 2 is 1.69 bits per heavy atom. The van der Waals surface area contributed by atoms with Crippen LogP contribution in [0.1, 0.15) is 30.0 Å². The number of carbonyl (C=O) groups excluding carboxylic acids is 2. The predicted molar refractivity (Wildman–Crippen MR) is 112 cm³/mol. The average Bonchev–Trinajstić information content (AvgIpc) is 3.03. The number of aliphatic hydroxyl groups is 1. The Labute approximate surface area is 183 Å². The van der Waals surface area contributed by atoms with Crippen LogP contribution < -0.4 is 9.47 Å². The smallest absolute Gasteiger partial charge is 0.303 e. The minimum absolute atomic E-state index is 0.0178. The van der Waals surface area contributed by atoms with E-state index in [1.54, 1.807) is 18.2 Å². The van der Waals surface area contributed by atoms with Gasteiger partial charge in [-0.25, -0.2) is 4.39 Å². The lowest BCUT2D eigenvalue weighted by Gasteiger charge is -2.25. The number of likely N-dealkylation sites (tertiary alicyclic amines) is 1. The van der Waals surface area contributed by atoms with Gasteiger partial charge in [-0.15, -0.1) is 0 Å². The molecule has 1 fully saturated rings. The number of carbonyl (C=O) groups is 3.